The van der Waals surface area contributed by atoms with Gasteiger partial charge < -0.3 is 10.6 Å². The zero-order valence-electron chi connectivity index (χ0n) is 14.5. The summed E-state index contributed by atoms with van der Waals surface area (Å²) >= 11 is 5.91. The van der Waals surface area contributed by atoms with Crippen molar-refractivity contribution in [2.45, 2.75) is 24.7 Å². The van der Waals surface area contributed by atoms with Crippen molar-refractivity contribution in [1.82, 2.24) is 5.32 Å². The molecule has 26 heavy (non-hydrogen) atoms. The fourth-order valence-corrected chi connectivity index (χ4v) is 3.16. The van der Waals surface area contributed by atoms with Crippen LogP contribution in [0.3, 0.4) is 0 Å². The number of amides is 1. The van der Waals surface area contributed by atoms with Crippen LogP contribution in [0.4, 0.5) is 5.69 Å². The molecule has 6 nitrogen and oxygen atoms in total. The lowest BCUT2D eigenvalue weighted by Gasteiger charge is -2.10. The second-order valence-corrected chi connectivity index (χ2v) is 7.92. The Balaban J connectivity index is 1.70. The van der Waals surface area contributed by atoms with Crippen molar-refractivity contribution in [3.8, 4) is 0 Å². The molecule has 0 aliphatic carbocycles. The maximum absolute atomic E-state index is 11.9. The number of hydrogen-bond acceptors (Lipinski definition) is 4. The Morgan fingerprint density at radius 2 is 1.81 bits per heavy atom. The third kappa shape index (κ3) is 6.33. The number of primary sulfonamides is 1. The van der Waals surface area contributed by atoms with Crippen LogP contribution in [0.5, 0.6) is 0 Å². The van der Waals surface area contributed by atoms with Crippen LogP contribution in [-0.2, 0) is 21.2 Å². The summed E-state index contributed by atoms with van der Waals surface area (Å²) in [5.74, 6) is -0.0507. The van der Waals surface area contributed by atoms with E-state index in [4.69, 9.17) is 16.7 Å². The number of nitrogens with one attached hydrogen (secondary N) is 2. The van der Waals surface area contributed by atoms with Crippen molar-refractivity contribution < 1.29 is 13.2 Å². The molecule has 0 spiro atoms. The number of hydrogen-bond donors (Lipinski definition) is 3. The molecule has 140 valence electrons. The van der Waals surface area contributed by atoms with E-state index < -0.39 is 10.0 Å². The molecule has 1 amide bonds. The van der Waals surface area contributed by atoms with E-state index in [1.54, 1.807) is 18.2 Å². The van der Waals surface area contributed by atoms with Crippen molar-refractivity contribution in [2.24, 2.45) is 5.14 Å². The number of benzene rings is 2. The van der Waals surface area contributed by atoms with Gasteiger partial charge in [-0.2, -0.15) is 0 Å². The summed E-state index contributed by atoms with van der Waals surface area (Å²) in [6.07, 6.45) is 0.965. The summed E-state index contributed by atoms with van der Waals surface area (Å²) in [6, 6.07) is 11.9. The minimum Gasteiger partial charge on any atom is -0.384 e. The molecule has 0 radical (unpaired) electrons. The number of halogens is 1. The van der Waals surface area contributed by atoms with Crippen LogP contribution in [0.1, 0.15) is 17.5 Å². The Labute approximate surface area is 158 Å². The molecule has 0 aliphatic rings. The normalized spacial score (nSPS) is 11.2. The first-order valence-corrected chi connectivity index (χ1v) is 10.1. The van der Waals surface area contributed by atoms with Crippen molar-refractivity contribution in [3.63, 3.8) is 0 Å². The highest BCUT2D eigenvalue weighted by atomic mass is 35.5. The molecule has 0 aliphatic heterocycles. The van der Waals surface area contributed by atoms with Gasteiger partial charge in [0.1, 0.15) is 0 Å². The second kappa shape index (κ2) is 9.02. The van der Waals surface area contributed by atoms with E-state index in [1.807, 2.05) is 19.1 Å². The highest BCUT2D eigenvalue weighted by molar-refractivity contribution is 7.89. The first-order valence-electron chi connectivity index (χ1n) is 8.14. The van der Waals surface area contributed by atoms with Crippen LogP contribution in [0.2, 0.25) is 5.02 Å². The summed E-state index contributed by atoms with van der Waals surface area (Å²) in [7, 11) is -3.68. The predicted molar refractivity (Wildman–Crippen MR) is 104 cm³/mol. The summed E-state index contributed by atoms with van der Waals surface area (Å²) < 4.78 is 22.4. The predicted octanol–water partition coefficient (Wildman–Crippen LogP) is 2.46. The van der Waals surface area contributed by atoms with E-state index in [0.29, 0.717) is 31.0 Å². The van der Waals surface area contributed by atoms with Gasteiger partial charge in [-0.15, -0.1) is 0 Å². The lowest BCUT2D eigenvalue weighted by molar-refractivity contribution is -0.120. The molecule has 0 saturated heterocycles. The Hall–Kier alpha value is -2.09. The van der Waals surface area contributed by atoms with Crippen molar-refractivity contribution in [1.29, 1.82) is 0 Å². The van der Waals surface area contributed by atoms with Crippen LogP contribution in [-0.4, -0.2) is 27.4 Å². The lowest BCUT2D eigenvalue weighted by atomic mass is 10.1. The van der Waals surface area contributed by atoms with Gasteiger partial charge in [-0.1, -0.05) is 23.7 Å². The van der Waals surface area contributed by atoms with E-state index in [0.717, 1.165) is 16.8 Å². The molecule has 2 aromatic carbocycles. The zero-order valence-corrected chi connectivity index (χ0v) is 16.0. The van der Waals surface area contributed by atoms with Crippen molar-refractivity contribution in [2.75, 3.05) is 18.4 Å². The third-order valence-electron chi connectivity index (χ3n) is 3.84. The van der Waals surface area contributed by atoms with E-state index in [1.165, 1.54) is 12.1 Å². The highest BCUT2D eigenvalue weighted by Gasteiger charge is 2.07. The van der Waals surface area contributed by atoms with Crippen LogP contribution in [0.15, 0.2) is 47.4 Å². The molecule has 8 heteroatoms. The molecule has 0 saturated carbocycles. The van der Waals surface area contributed by atoms with E-state index >= 15 is 0 Å². The summed E-state index contributed by atoms with van der Waals surface area (Å²) in [4.78, 5) is 12.0. The van der Waals surface area contributed by atoms with Gasteiger partial charge in [0, 0.05) is 30.2 Å². The molecular formula is C18H22ClN3O3S. The fourth-order valence-electron chi connectivity index (χ4n) is 2.42. The zero-order chi connectivity index (χ0) is 19.2. The first kappa shape index (κ1) is 20.2. The Kier molecular flexibility index (Phi) is 7.02. The maximum Gasteiger partial charge on any atom is 0.238 e. The van der Waals surface area contributed by atoms with Gasteiger partial charge >= 0.3 is 0 Å². The average Bonchev–Trinajstić information content (AvgIpc) is 2.56. The molecular weight excluding hydrogens is 374 g/mol. The van der Waals surface area contributed by atoms with Crippen LogP contribution in [0, 0.1) is 6.92 Å². The first-order chi connectivity index (χ1) is 12.3. The summed E-state index contributed by atoms with van der Waals surface area (Å²) in [5, 5.41) is 11.8. The molecule has 0 atom stereocenters. The fraction of sp³-hybridized carbons (Fsp3) is 0.278. The highest BCUT2D eigenvalue weighted by Crippen LogP contribution is 2.19. The summed E-state index contributed by atoms with van der Waals surface area (Å²) in [6.45, 7) is 2.96. The van der Waals surface area contributed by atoms with Gasteiger partial charge in [-0.25, -0.2) is 13.6 Å². The number of carbonyl (C=O) groups is 1. The Bertz CT molecular complexity index is 868. The molecule has 0 aromatic heterocycles. The van der Waals surface area contributed by atoms with E-state index in [-0.39, 0.29) is 10.8 Å². The minimum absolute atomic E-state index is 0.0507. The van der Waals surface area contributed by atoms with Crippen LogP contribution >= 0.6 is 11.6 Å². The van der Waals surface area contributed by atoms with Gasteiger partial charge in [-0.05, 0) is 54.8 Å². The van der Waals surface area contributed by atoms with Crippen molar-refractivity contribution >= 4 is 33.2 Å². The van der Waals surface area contributed by atoms with Gasteiger partial charge in [0.25, 0.3) is 0 Å². The number of carbonyl (C=O) groups excluding carboxylic acids is 1. The summed E-state index contributed by atoms with van der Waals surface area (Å²) in [5.41, 5.74) is 2.91. The maximum atomic E-state index is 11.9. The molecule has 0 unspecified atom stereocenters. The van der Waals surface area contributed by atoms with Gasteiger partial charge in [0.05, 0.1) is 4.90 Å². The second-order valence-electron chi connectivity index (χ2n) is 5.92. The SMILES string of the molecule is Cc1cc(Cl)ccc1NCCC(=O)NCCc1ccc(S(N)(=O)=O)cc1. The monoisotopic (exact) mass is 395 g/mol. The van der Waals surface area contributed by atoms with Crippen LogP contribution < -0.4 is 15.8 Å². The van der Waals surface area contributed by atoms with Gasteiger partial charge in [0.15, 0.2) is 0 Å². The smallest absolute Gasteiger partial charge is 0.238 e. The molecule has 2 rings (SSSR count). The topological polar surface area (TPSA) is 101 Å². The van der Waals surface area contributed by atoms with E-state index in [2.05, 4.69) is 10.6 Å². The number of anilines is 1. The van der Waals surface area contributed by atoms with Gasteiger partial charge in [0.2, 0.25) is 15.9 Å². The standard InChI is InChI=1S/C18H22ClN3O3S/c1-13-12-15(19)4-7-17(13)21-11-9-18(23)22-10-8-14-2-5-16(6-3-14)26(20,24)25/h2-7,12,21H,8-11H2,1H3,(H,22,23)(H2,20,24,25). The Morgan fingerprint density at radius 1 is 1.12 bits per heavy atom. The van der Waals surface area contributed by atoms with Crippen LogP contribution in [0.25, 0.3) is 0 Å². The number of aryl methyl sites for hydroxylation is 1. The quantitative estimate of drug-likeness (QED) is 0.639. The molecule has 2 aromatic rings. The average molecular weight is 396 g/mol. The number of rotatable bonds is 8. The molecule has 0 bridgehead atoms. The van der Waals surface area contributed by atoms with E-state index in [9.17, 15) is 13.2 Å². The lowest BCUT2D eigenvalue weighted by Crippen LogP contribution is -2.27. The number of nitrogens with two attached hydrogens (primary N) is 1. The number of sulfonamides is 1. The van der Waals surface area contributed by atoms with Gasteiger partial charge in [-0.3, -0.25) is 4.79 Å². The van der Waals surface area contributed by atoms with Crippen molar-refractivity contribution in [3.05, 3.63) is 58.6 Å². The minimum atomic E-state index is -3.68. The molecule has 0 fully saturated rings. The Morgan fingerprint density at radius 3 is 2.42 bits per heavy atom. The molecule has 4 N–H and O–H groups in total. The largest absolute Gasteiger partial charge is 0.384 e. The third-order valence-corrected chi connectivity index (χ3v) is 5.01. The molecule has 0 heterocycles.